The summed E-state index contributed by atoms with van der Waals surface area (Å²) in [5.74, 6) is 2.51. The molecule has 3 rings (SSSR count). The molecular weight excluding hydrogens is 368 g/mol. The van der Waals surface area contributed by atoms with Gasteiger partial charge in [0, 0.05) is 18.3 Å². The minimum Gasteiger partial charge on any atom is -0.493 e. The third-order valence-corrected chi connectivity index (χ3v) is 5.02. The van der Waals surface area contributed by atoms with Gasteiger partial charge in [0.25, 0.3) is 0 Å². The van der Waals surface area contributed by atoms with Gasteiger partial charge in [-0.2, -0.15) is 0 Å². The number of aromatic nitrogens is 1. The fraction of sp³-hybridized carbons (Fsp3) is 0.455. The normalized spacial score (nSPS) is 14.6. The lowest BCUT2D eigenvalue weighted by Crippen LogP contribution is -2.33. The molecule has 1 aromatic heterocycles. The number of rotatable bonds is 9. The smallest absolute Gasteiger partial charge is 0.218 e. The Morgan fingerprint density at radius 1 is 1.17 bits per heavy atom. The summed E-state index contributed by atoms with van der Waals surface area (Å²) in [5.41, 5.74) is 8.11. The maximum atomic E-state index is 6.05. The lowest BCUT2D eigenvalue weighted by molar-refractivity contribution is 0.199. The minimum atomic E-state index is 0.268. The van der Waals surface area contributed by atoms with Crippen molar-refractivity contribution in [3.8, 4) is 17.4 Å². The van der Waals surface area contributed by atoms with E-state index in [-0.39, 0.29) is 6.10 Å². The molecule has 0 saturated heterocycles. The minimum absolute atomic E-state index is 0.268. The fourth-order valence-corrected chi connectivity index (χ4v) is 3.41. The number of hydrogen-bond acceptors (Lipinski definition) is 5. The molecule has 0 bridgehead atoms. The number of benzene rings is 1. The van der Waals surface area contributed by atoms with Gasteiger partial charge in [-0.3, -0.25) is 0 Å². The lowest BCUT2D eigenvalue weighted by Gasteiger charge is -2.14. The number of aliphatic imine (C=N–C) groups is 1. The topological polar surface area (TPSA) is 91.0 Å². The molecule has 3 N–H and O–H groups in total. The van der Waals surface area contributed by atoms with Crippen LogP contribution in [0.2, 0.25) is 0 Å². The zero-order valence-electron chi connectivity index (χ0n) is 17.2. The first-order valence-electron chi connectivity index (χ1n) is 10.0. The molecule has 0 unspecified atom stereocenters. The van der Waals surface area contributed by atoms with Crippen molar-refractivity contribution >= 4 is 5.96 Å². The second kappa shape index (κ2) is 10.5. The highest BCUT2D eigenvalue weighted by Gasteiger charge is 2.18. The second-order valence-electron chi connectivity index (χ2n) is 7.06. The molecule has 0 atom stereocenters. The number of nitrogens with one attached hydrogen (secondary N) is 1. The quantitative estimate of drug-likeness (QED) is 0.498. The molecule has 7 heteroatoms. The molecular formula is C22H30N4O3. The summed E-state index contributed by atoms with van der Waals surface area (Å²) >= 11 is 0. The van der Waals surface area contributed by atoms with Crippen molar-refractivity contribution in [3.63, 3.8) is 0 Å². The van der Waals surface area contributed by atoms with Crippen LogP contribution in [0.4, 0.5) is 0 Å². The summed E-state index contributed by atoms with van der Waals surface area (Å²) in [6, 6.07) is 9.76. The van der Waals surface area contributed by atoms with Crippen LogP contribution >= 0.6 is 0 Å². The number of ether oxygens (including phenoxy) is 3. The molecule has 0 spiro atoms. The van der Waals surface area contributed by atoms with Crippen molar-refractivity contribution in [2.45, 2.75) is 44.8 Å². The van der Waals surface area contributed by atoms with E-state index in [1.165, 1.54) is 12.8 Å². The van der Waals surface area contributed by atoms with Crippen LogP contribution in [-0.2, 0) is 13.0 Å². The molecule has 7 nitrogen and oxygen atoms in total. The average Bonchev–Trinajstić information content (AvgIpc) is 3.26. The Bertz CT molecular complexity index is 819. The summed E-state index contributed by atoms with van der Waals surface area (Å²) in [7, 11) is 3.26. The Balaban J connectivity index is 1.51. The maximum Gasteiger partial charge on any atom is 0.218 e. The number of methoxy groups -OCH3 is 2. The van der Waals surface area contributed by atoms with E-state index in [2.05, 4.69) is 15.3 Å². The summed E-state index contributed by atoms with van der Waals surface area (Å²) in [6.45, 7) is 1.11. The van der Waals surface area contributed by atoms with Crippen molar-refractivity contribution in [1.29, 1.82) is 0 Å². The van der Waals surface area contributed by atoms with Gasteiger partial charge in [-0.25, -0.2) is 9.98 Å². The SMILES string of the molecule is COc1ccc(CCNC(N)=NCc2cccnc2OC2CCCC2)cc1OC. The van der Waals surface area contributed by atoms with Crippen molar-refractivity contribution in [2.24, 2.45) is 10.7 Å². The van der Waals surface area contributed by atoms with Gasteiger partial charge in [0.1, 0.15) is 6.10 Å². The van der Waals surface area contributed by atoms with Gasteiger partial charge in [-0.15, -0.1) is 0 Å². The largest absolute Gasteiger partial charge is 0.493 e. The summed E-state index contributed by atoms with van der Waals surface area (Å²) in [5, 5.41) is 3.15. The van der Waals surface area contributed by atoms with E-state index in [4.69, 9.17) is 19.9 Å². The van der Waals surface area contributed by atoms with E-state index in [0.717, 1.165) is 41.9 Å². The highest BCUT2D eigenvalue weighted by atomic mass is 16.5. The Morgan fingerprint density at radius 2 is 1.97 bits per heavy atom. The number of pyridine rings is 1. The second-order valence-corrected chi connectivity index (χ2v) is 7.06. The molecule has 1 aliphatic carbocycles. The molecule has 1 fully saturated rings. The van der Waals surface area contributed by atoms with Gasteiger partial charge >= 0.3 is 0 Å². The van der Waals surface area contributed by atoms with Gasteiger partial charge < -0.3 is 25.3 Å². The molecule has 1 aromatic carbocycles. The van der Waals surface area contributed by atoms with Crippen LogP contribution in [0.25, 0.3) is 0 Å². The molecule has 0 amide bonds. The van der Waals surface area contributed by atoms with Crippen molar-refractivity contribution in [1.82, 2.24) is 10.3 Å². The van der Waals surface area contributed by atoms with Gasteiger partial charge in [0.05, 0.1) is 20.8 Å². The third kappa shape index (κ3) is 6.01. The Hall–Kier alpha value is -2.96. The van der Waals surface area contributed by atoms with Crippen LogP contribution in [0.5, 0.6) is 17.4 Å². The lowest BCUT2D eigenvalue weighted by atomic mass is 10.1. The highest BCUT2D eigenvalue weighted by Crippen LogP contribution is 2.27. The molecule has 1 heterocycles. The first-order chi connectivity index (χ1) is 14.2. The Kier molecular flexibility index (Phi) is 7.55. The Labute approximate surface area is 172 Å². The predicted octanol–water partition coefficient (Wildman–Crippen LogP) is 3.07. The molecule has 156 valence electrons. The Morgan fingerprint density at radius 3 is 2.72 bits per heavy atom. The highest BCUT2D eigenvalue weighted by molar-refractivity contribution is 5.77. The number of nitrogens with two attached hydrogens (primary N) is 1. The summed E-state index contributed by atoms with van der Waals surface area (Å²) < 4.78 is 16.7. The number of hydrogen-bond donors (Lipinski definition) is 2. The van der Waals surface area contributed by atoms with Gasteiger partial charge in [-0.05, 0) is 55.9 Å². The van der Waals surface area contributed by atoms with Crippen LogP contribution in [-0.4, -0.2) is 37.8 Å². The van der Waals surface area contributed by atoms with Crippen molar-refractivity contribution in [3.05, 3.63) is 47.7 Å². The monoisotopic (exact) mass is 398 g/mol. The zero-order chi connectivity index (χ0) is 20.5. The standard InChI is InChI=1S/C22H30N4O3/c1-27-19-10-9-16(14-20(19)28-2)11-13-25-22(23)26-15-17-6-5-12-24-21(17)29-18-7-3-4-8-18/h5-6,9-10,12,14,18H,3-4,7-8,11,13,15H2,1-2H3,(H3,23,25,26). The van der Waals surface area contributed by atoms with E-state index >= 15 is 0 Å². The van der Waals surface area contributed by atoms with E-state index in [9.17, 15) is 0 Å². The zero-order valence-corrected chi connectivity index (χ0v) is 17.2. The van der Waals surface area contributed by atoms with Crippen LogP contribution in [0.1, 0.15) is 36.8 Å². The van der Waals surface area contributed by atoms with Crippen LogP contribution < -0.4 is 25.3 Å². The van der Waals surface area contributed by atoms with Gasteiger partial charge in [0.15, 0.2) is 17.5 Å². The fourth-order valence-electron chi connectivity index (χ4n) is 3.41. The number of guanidine groups is 1. The van der Waals surface area contributed by atoms with E-state index in [1.54, 1.807) is 20.4 Å². The van der Waals surface area contributed by atoms with Crippen LogP contribution in [0.15, 0.2) is 41.5 Å². The first kappa shape index (κ1) is 20.8. The number of nitrogens with zero attached hydrogens (tertiary/aromatic N) is 2. The maximum absolute atomic E-state index is 6.05. The molecule has 0 aliphatic heterocycles. The van der Waals surface area contributed by atoms with Crippen molar-refractivity contribution < 1.29 is 14.2 Å². The molecule has 1 aliphatic rings. The third-order valence-electron chi connectivity index (χ3n) is 5.02. The molecule has 29 heavy (non-hydrogen) atoms. The van der Waals surface area contributed by atoms with E-state index in [1.807, 2.05) is 30.3 Å². The van der Waals surface area contributed by atoms with E-state index < -0.39 is 0 Å². The predicted molar refractivity (Wildman–Crippen MR) is 114 cm³/mol. The summed E-state index contributed by atoms with van der Waals surface area (Å²) in [6.07, 6.45) is 7.45. The van der Waals surface area contributed by atoms with E-state index in [0.29, 0.717) is 24.9 Å². The first-order valence-corrected chi connectivity index (χ1v) is 10.0. The average molecular weight is 399 g/mol. The van der Waals surface area contributed by atoms with Gasteiger partial charge in [-0.1, -0.05) is 12.1 Å². The summed E-state index contributed by atoms with van der Waals surface area (Å²) in [4.78, 5) is 8.82. The molecule has 0 radical (unpaired) electrons. The molecule has 1 saturated carbocycles. The van der Waals surface area contributed by atoms with Crippen LogP contribution in [0, 0.1) is 0 Å². The molecule has 2 aromatic rings. The van der Waals surface area contributed by atoms with Crippen molar-refractivity contribution in [2.75, 3.05) is 20.8 Å². The van der Waals surface area contributed by atoms with Crippen LogP contribution in [0.3, 0.4) is 0 Å². The van der Waals surface area contributed by atoms with Gasteiger partial charge in [0.2, 0.25) is 5.88 Å².